The molecule has 0 unspecified atom stereocenters. The van der Waals surface area contributed by atoms with Crippen LogP contribution in [0.1, 0.15) is 38.0 Å². The van der Waals surface area contributed by atoms with Gasteiger partial charge in [0, 0.05) is 50.8 Å². The van der Waals surface area contributed by atoms with Gasteiger partial charge >= 0.3 is 0 Å². The smallest absolute Gasteiger partial charge is 0.239 e. The number of rotatable bonds is 6. The van der Waals surface area contributed by atoms with Crippen molar-refractivity contribution in [1.82, 2.24) is 15.2 Å². The molecule has 4 rings (SSSR count). The fraction of sp³-hybridized carbons (Fsp3) is 0.522. The Morgan fingerprint density at radius 3 is 2.77 bits per heavy atom. The quantitative estimate of drug-likeness (QED) is 0.764. The van der Waals surface area contributed by atoms with Crippen molar-refractivity contribution in [3.8, 4) is 17.1 Å². The average Bonchev–Trinajstić information content (AvgIpc) is 3.40. The van der Waals surface area contributed by atoms with Gasteiger partial charge in [-0.25, -0.2) is 4.98 Å². The zero-order valence-corrected chi connectivity index (χ0v) is 18.2. The lowest BCUT2D eigenvalue weighted by Gasteiger charge is -2.24. The molecule has 1 saturated carbocycles. The summed E-state index contributed by atoms with van der Waals surface area (Å²) in [6, 6.07) is 6.18. The molecule has 2 amide bonds. The van der Waals surface area contributed by atoms with E-state index in [4.69, 9.17) is 9.15 Å². The highest BCUT2D eigenvalue weighted by atomic mass is 16.5. The van der Waals surface area contributed by atoms with E-state index >= 15 is 0 Å². The Hall–Kier alpha value is -3.03. The molecule has 2 aliphatic rings. The number of ether oxygens (including phenoxy) is 1. The Bertz CT molecular complexity index is 935. The summed E-state index contributed by atoms with van der Waals surface area (Å²) in [6.07, 6.45) is 6.48. The predicted molar refractivity (Wildman–Crippen MR) is 117 cm³/mol. The molecule has 2 heterocycles. The number of hydrogen-bond acceptors (Lipinski definition) is 6. The number of carbonyl (C=O) groups is 2. The van der Waals surface area contributed by atoms with Crippen LogP contribution in [0.25, 0.3) is 11.3 Å². The average molecular weight is 427 g/mol. The highest BCUT2D eigenvalue weighted by Crippen LogP contribution is 2.34. The van der Waals surface area contributed by atoms with Crippen LogP contribution in [0.2, 0.25) is 0 Å². The molecule has 0 spiro atoms. The number of aromatic nitrogens is 1. The first-order valence-corrected chi connectivity index (χ1v) is 11.0. The van der Waals surface area contributed by atoms with Crippen molar-refractivity contribution in [3.63, 3.8) is 0 Å². The third-order valence-corrected chi connectivity index (χ3v) is 6.08. The molecular formula is C23H30N4O4. The molecule has 1 aliphatic carbocycles. The number of hydrogen-bond donors (Lipinski definition) is 1. The van der Waals surface area contributed by atoms with Crippen molar-refractivity contribution >= 4 is 17.5 Å². The highest BCUT2D eigenvalue weighted by molar-refractivity contribution is 5.85. The number of carbonyl (C=O) groups excluding carboxylic acids is 2. The minimum atomic E-state index is -0.0536. The SMILES string of the molecule is COc1cc(N2CCC(=O)N(CC(=O)NC3CCCC3)CC2)ccc1-c1cnc(C)o1. The normalized spacial score (nSPS) is 17.7. The lowest BCUT2D eigenvalue weighted by atomic mass is 10.1. The van der Waals surface area contributed by atoms with Crippen molar-refractivity contribution in [3.05, 3.63) is 30.3 Å². The van der Waals surface area contributed by atoms with E-state index in [1.165, 1.54) is 12.8 Å². The van der Waals surface area contributed by atoms with Crippen molar-refractivity contribution < 1.29 is 18.7 Å². The molecule has 0 radical (unpaired) electrons. The third kappa shape index (κ3) is 5.00. The lowest BCUT2D eigenvalue weighted by Crippen LogP contribution is -2.44. The zero-order chi connectivity index (χ0) is 21.8. The molecule has 31 heavy (non-hydrogen) atoms. The standard InChI is InChI=1S/C23H30N4O4/c1-16-24-14-21(31-16)19-8-7-18(13-20(19)30-2)26-10-9-23(29)27(12-11-26)15-22(28)25-17-5-3-4-6-17/h7-8,13-14,17H,3-6,9-12,15H2,1-2H3,(H,25,28). The topological polar surface area (TPSA) is 87.9 Å². The van der Waals surface area contributed by atoms with Gasteiger partial charge in [-0.1, -0.05) is 12.8 Å². The Kier molecular flexibility index (Phi) is 6.44. The fourth-order valence-electron chi connectivity index (χ4n) is 4.37. The van der Waals surface area contributed by atoms with Gasteiger partial charge in [0.25, 0.3) is 0 Å². The molecule has 1 aromatic carbocycles. The van der Waals surface area contributed by atoms with Crippen LogP contribution in [0.3, 0.4) is 0 Å². The van der Waals surface area contributed by atoms with Crippen LogP contribution in [0.4, 0.5) is 5.69 Å². The van der Waals surface area contributed by atoms with Crippen LogP contribution in [0, 0.1) is 6.92 Å². The minimum absolute atomic E-state index is 0.0183. The van der Waals surface area contributed by atoms with E-state index < -0.39 is 0 Å². The molecule has 2 aromatic rings. The number of nitrogens with one attached hydrogen (secondary N) is 1. The number of nitrogens with zero attached hydrogens (tertiary/aromatic N) is 3. The van der Waals surface area contributed by atoms with E-state index in [1.807, 2.05) is 18.2 Å². The van der Waals surface area contributed by atoms with Gasteiger partial charge in [0.05, 0.1) is 25.4 Å². The highest BCUT2D eigenvalue weighted by Gasteiger charge is 2.25. The summed E-state index contributed by atoms with van der Waals surface area (Å²) in [6.45, 7) is 3.72. The summed E-state index contributed by atoms with van der Waals surface area (Å²) in [5.41, 5.74) is 1.81. The maximum absolute atomic E-state index is 12.6. The minimum Gasteiger partial charge on any atom is -0.496 e. The van der Waals surface area contributed by atoms with Crippen molar-refractivity contribution in [2.45, 2.75) is 45.1 Å². The number of benzene rings is 1. The summed E-state index contributed by atoms with van der Waals surface area (Å²) in [7, 11) is 1.63. The molecule has 8 heteroatoms. The first-order valence-electron chi connectivity index (χ1n) is 11.0. The molecule has 2 fully saturated rings. The molecule has 1 aliphatic heterocycles. The Morgan fingerprint density at radius 2 is 2.06 bits per heavy atom. The molecule has 166 valence electrons. The first kappa shape index (κ1) is 21.2. The van der Waals surface area contributed by atoms with Crippen LogP contribution in [0.15, 0.2) is 28.8 Å². The van der Waals surface area contributed by atoms with Gasteiger partial charge in [-0.15, -0.1) is 0 Å². The summed E-state index contributed by atoms with van der Waals surface area (Å²) in [5, 5.41) is 3.07. The van der Waals surface area contributed by atoms with Gasteiger partial charge in [-0.2, -0.15) is 0 Å². The number of methoxy groups -OCH3 is 1. The van der Waals surface area contributed by atoms with E-state index in [-0.39, 0.29) is 24.4 Å². The van der Waals surface area contributed by atoms with E-state index in [1.54, 1.807) is 25.1 Å². The van der Waals surface area contributed by atoms with E-state index in [2.05, 4.69) is 15.2 Å². The molecule has 1 aromatic heterocycles. The summed E-state index contributed by atoms with van der Waals surface area (Å²) in [5.74, 6) is 1.92. The monoisotopic (exact) mass is 426 g/mol. The Balaban J connectivity index is 1.41. The largest absolute Gasteiger partial charge is 0.496 e. The summed E-state index contributed by atoms with van der Waals surface area (Å²) >= 11 is 0. The van der Waals surface area contributed by atoms with Crippen LogP contribution in [-0.2, 0) is 9.59 Å². The van der Waals surface area contributed by atoms with Crippen LogP contribution >= 0.6 is 0 Å². The fourth-order valence-corrected chi connectivity index (χ4v) is 4.37. The first-order chi connectivity index (χ1) is 15.0. The Labute approximate surface area is 182 Å². The predicted octanol–water partition coefficient (Wildman–Crippen LogP) is 2.76. The number of amides is 2. The molecule has 1 N–H and O–H groups in total. The molecule has 0 bridgehead atoms. The second-order valence-corrected chi connectivity index (χ2v) is 8.23. The Morgan fingerprint density at radius 1 is 1.26 bits per heavy atom. The van der Waals surface area contributed by atoms with Crippen LogP contribution < -0.4 is 15.0 Å². The molecule has 0 atom stereocenters. The lowest BCUT2D eigenvalue weighted by molar-refractivity contribution is -0.135. The number of aryl methyl sites for hydroxylation is 1. The number of anilines is 1. The van der Waals surface area contributed by atoms with Gasteiger partial charge in [0.15, 0.2) is 11.7 Å². The maximum atomic E-state index is 12.6. The molecule has 1 saturated heterocycles. The van der Waals surface area contributed by atoms with E-state index in [0.717, 1.165) is 24.1 Å². The van der Waals surface area contributed by atoms with Gasteiger partial charge in [-0.05, 0) is 25.0 Å². The maximum Gasteiger partial charge on any atom is 0.239 e. The van der Waals surface area contributed by atoms with E-state index in [0.29, 0.717) is 43.5 Å². The second-order valence-electron chi connectivity index (χ2n) is 8.23. The van der Waals surface area contributed by atoms with Crippen LogP contribution in [0.5, 0.6) is 5.75 Å². The van der Waals surface area contributed by atoms with Gasteiger partial charge in [-0.3, -0.25) is 9.59 Å². The molecular weight excluding hydrogens is 396 g/mol. The van der Waals surface area contributed by atoms with Crippen molar-refractivity contribution in [2.75, 3.05) is 38.2 Å². The van der Waals surface area contributed by atoms with Crippen molar-refractivity contribution in [1.29, 1.82) is 0 Å². The van der Waals surface area contributed by atoms with Gasteiger partial charge < -0.3 is 24.3 Å². The van der Waals surface area contributed by atoms with E-state index in [9.17, 15) is 9.59 Å². The summed E-state index contributed by atoms with van der Waals surface area (Å²) in [4.78, 5) is 33.0. The molecule has 8 nitrogen and oxygen atoms in total. The van der Waals surface area contributed by atoms with Gasteiger partial charge in [0.2, 0.25) is 11.8 Å². The zero-order valence-electron chi connectivity index (χ0n) is 18.2. The van der Waals surface area contributed by atoms with Gasteiger partial charge in [0.1, 0.15) is 5.75 Å². The third-order valence-electron chi connectivity index (χ3n) is 6.08. The van der Waals surface area contributed by atoms with Crippen LogP contribution in [-0.4, -0.2) is 61.0 Å². The summed E-state index contributed by atoms with van der Waals surface area (Å²) < 4.78 is 11.2. The van der Waals surface area contributed by atoms with Crippen molar-refractivity contribution in [2.24, 2.45) is 0 Å². The second kappa shape index (κ2) is 9.41. The number of oxazole rings is 1.